The fourth-order valence-corrected chi connectivity index (χ4v) is 2.79. The van der Waals surface area contributed by atoms with E-state index in [4.69, 9.17) is 0 Å². The van der Waals surface area contributed by atoms with Crippen molar-refractivity contribution in [1.29, 1.82) is 0 Å². The molecule has 2 heterocycles. The summed E-state index contributed by atoms with van der Waals surface area (Å²) in [5.41, 5.74) is 3.75. The first kappa shape index (κ1) is 19.5. The van der Waals surface area contributed by atoms with Gasteiger partial charge in [0.1, 0.15) is 12.0 Å². The van der Waals surface area contributed by atoms with Gasteiger partial charge in [-0.05, 0) is 41.7 Å². The number of hydrogen-bond donors (Lipinski definition) is 2. The molecule has 3 rings (SSSR count). The monoisotopic (exact) mass is 376 g/mol. The average Bonchev–Trinajstić information content (AvgIpc) is 2.69. The lowest BCUT2D eigenvalue weighted by molar-refractivity contribution is 0.102. The van der Waals surface area contributed by atoms with E-state index >= 15 is 0 Å². The van der Waals surface area contributed by atoms with Crippen molar-refractivity contribution in [3.05, 3.63) is 76.1 Å². The number of H-pyrrole nitrogens is 1. The Morgan fingerprint density at radius 3 is 2.46 bits per heavy atom. The largest absolute Gasteiger partial charge is 0.327 e. The molecule has 0 aliphatic rings. The van der Waals surface area contributed by atoms with Crippen LogP contribution in [0.1, 0.15) is 49.3 Å². The molecule has 2 N–H and O–H groups in total. The molecule has 0 unspecified atom stereocenters. The van der Waals surface area contributed by atoms with Crippen LogP contribution >= 0.6 is 0 Å². The molecule has 0 saturated heterocycles. The van der Waals surface area contributed by atoms with Gasteiger partial charge in [-0.2, -0.15) is 0 Å². The first-order chi connectivity index (χ1) is 13.3. The van der Waals surface area contributed by atoms with Gasteiger partial charge in [-0.15, -0.1) is 0 Å². The fraction of sp³-hybridized carbons (Fsp3) is 0.273. The highest BCUT2D eigenvalue weighted by molar-refractivity contribution is 6.04. The molecule has 144 valence electrons. The van der Waals surface area contributed by atoms with Crippen molar-refractivity contribution in [2.45, 2.75) is 39.5 Å². The fourth-order valence-electron chi connectivity index (χ4n) is 2.79. The molecule has 3 aromatic rings. The Morgan fingerprint density at radius 1 is 1.11 bits per heavy atom. The van der Waals surface area contributed by atoms with E-state index < -0.39 is 0 Å². The summed E-state index contributed by atoms with van der Waals surface area (Å²) in [5.74, 6) is -0.333. The summed E-state index contributed by atoms with van der Waals surface area (Å²) in [4.78, 5) is 35.9. The van der Waals surface area contributed by atoms with Crippen molar-refractivity contribution in [3.63, 3.8) is 0 Å². The van der Waals surface area contributed by atoms with Crippen LogP contribution in [0.2, 0.25) is 0 Å². The third kappa shape index (κ3) is 4.34. The third-order valence-corrected chi connectivity index (χ3v) is 4.55. The van der Waals surface area contributed by atoms with Crippen LogP contribution in [0.3, 0.4) is 0 Å². The van der Waals surface area contributed by atoms with Gasteiger partial charge in [-0.1, -0.05) is 39.8 Å². The number of pyridine rings is 1. The molecule has 0 saturated carbocycles. The van der Waals surface area contributed by atoms with Gasteiger partial charge >= 0.3 is 0 Å². The summed E-state index contributed by atoms with van der Waals surface area (Å²) < 4.78 is 0. The first-order valence-electron chi connectivity index (χ1n) is 9.24. The summed E-state index contributed by atoms with van der Waals surface area (Å²) in [6.07, 6.45) is 3.86. The predicted molar refractivity (Wildman–Crippen MR) is 111 cm³/mol. The number of anilines is 1. The number of aryl methyl sites for hydroxylation is 1. The van der Waals surface area contributed by atoms with E-state index in [-0.39, 0.29) is 22.6 Å². The minimum Gasteiger partial charge on any atom is -0.327 e. The van der Waals surface area contributed by atoms with E-state index in [0.717, 1.165) is 17.7 Å². The van der Waals surface area contributed by atoms with E-state index in [2.05, 4.69) is 41.0 Å². The SMILES string of the molecule is CCc1cc(-c2c[nH]c(=O)c(NC(=O)c3ccc(C(C)(C)C)cc3)c2)ncn1. The average molecular weight is 376 g/mol. The molecule has 0 spiro atoms. The molecule has 6 nitrogen and oxygen atoms in total. The molecule has 0 aliphatic carbocycles. The van der Waals surface area contributed by atoms with E-state index in [1.165, 1.54) is 6.33 Å². The summed E-state index contributed by atoms with van der Waals surface area (Å²) in [6, 6.07) is 10.9. The van der Waals surface area contributed by atoms with Gasteiger partial charge in [0.05, 0.1) is 5.69 Å². The Balaban J connectivity index is 1.85. The quantitative estimate of drug-likeness (QED) is 0.722. The first-order valence-corrected chi connectivity index (χ1v) is 9.24. The molecule has 2 aromatic heterocycles. The topological polar surface area (TPSA) is 87.7 Å². The number of benzene rings is 1. The van der Waals surface area contributed by atoms with Crippen molar-refractivity contribution in [3.8, 4) is 11.3 Å². The van der Waals surface area contributed by atoms with Gasteiger partial charge in [0.2, 0.25) is 0 Å². The predicted octanol–water partition coefficient (Wildman–Crippen LogP) is 3.94. The van der Waals surface area contributed by atoms with Crippen LogP contribution in [0.4, 0.5) is 5.69 Å². The van der Waals surface area contributed by atoms with E-state index in [1.807, 2.05) is 25.1 Å². The lowest BCUT2D eigenvalue weighted by Crippen LogP contribution is -2.20. The van der Waals surface area contributed by atoms with Gasteiger partial charge in [0.15, 0.2) is 0 Å². The van der Waals surface area contributed by atoms with E-state index in [0.29, 0.717) is 16.8 Å². The van der Waals surface area contributed by atoms with Crippen molar-refractivity contribution in [2.24, 2.45) is 0 Å². The Labute approximate surface area is 164 Å². The van der Waals surface area contributed by atoms with Gasteiger partial charge in [0.25, 0.3) is 11.5 Å². The van der Waals surface area contributed by atoms with Crippen LogP contribution in [0.5, 0.6) is 0 Å². The molecule has 28 heavy (non-hydrogen) atoms. The van der Waals surface area contributed by atoms with Gasteiger partial charge in [-0.25, -0.2) is 9.97 Å². The second-order valence-corrected chi connectivity index (χ2v) is 7.66. The normalized spacial score (nSPS) is 11.3. The molecule has 0 bridgehead atoms. The standard InChI is InChI=1S/C22H24N4O2/c1-5-17-11-18(25-13-24-17)15-10-19(21(28)23-12-15)26-20(27)14-6-8-16(9-7-14)22(2,3)4/h6-13H,5H2,1-4H3,(H,23,28)(H,26,27). The molecule has 0 fully saturated rings. The lowest BCUT2D eigenvalue weighted by atomic mass is 9.87. The van der Waals surface area contributed by atoms with Crippen LogP contribution in [0.25, 0.3) is 11.3 Å². The second-order valence-electron chi connectivity index (χ2n) is 7.66. The number of amides is 1. The number of carbonyl (C=O) groups excluding carboxylic acids is 1. The van der Waals surface area contributed by atoms with E-state index in [1.54, 1.807) is 24.4 Å². The van der Waals surface area contributed by atoms with Crippen LogP contribution < -0.4 is 10.9 Å². The van der Waals surface area contributed by atoms with Crippen molar-refractivity contribution in [1.82, 2.24) is 15.0 Å². The number of carbonyl (C=O) groups is 1. The Kier molecular flexibility index (Phi) is 5.40. The summed E-state index contributed by atoms with van der Waals surface area (Å²) in [6.45, 7) is 8.36. The zero-order chi connectivity index (χ0) is 20.3. The number of nitrogens with one attached hydrogen (secondary N) is 2. The van der Waals surface area contributed by atoms with Gasteiger partial charge in [-0.3, -0.25) is 9.59 Å². The minimum atomic E-state index is -0.367. The molecule has 0 radical (unpaired) electrons. The Bertz CT molecular complexity index is 1050. The second kappa shape index (κ2) is 7.76. The van der Waals surface area contributed by atoms with Gasteiger partial charge in [0, 0.05) is 23.0 Å². The zero-order valence-corrected chi connectivity index (χ0v) is 16.5. The number of nitrogens with zero attached hydrogens (tertiary/aromatic N) is 2. The maximum Gasteiger partial charge on any atom is 0.271 e. The summed E-state index contributed by atoms with van der Waals surface area (Å²) in [7, 11) is 0. The van der Waals surface area contributed by atoms with Crippen molar-refractivity contribution < 1.29 is 4.79 Å². The van der Waals surface area contributed by atoms with Crippen molar-refractivity contribution in [2.75, 3.05) is 5.32 Å². The number of rotatable bonds is 4. The summed E-state index contributed by atoms with van der Waals surface area (Å²) in [5, 5.41) is 2.70. The van der Waals surface area contributed by atoms with Crippen LogP contribution in [0.15, 0.2) is 53.7 Å². The Hall–Kier alpha value is -3.28. The van der Waals surface area contributed by atoms with Crippen molar-refractivity contribution >= 4 is 11.6 Å². The molecule has 1 amide bonds. The highest BCUT2D eigenvalue weighted by atomic mass is 16.2. The highest BCUT2D eigenvalue weighted by Gasteiger charge is 2.15. The maximum absolute atomic E-state index is 12.6. The molecular weight excluding hydrogens is 352 g/mol. The number of aromatic amines is 1. The number of hydrogen-bond acceptors (Lipinski definition) is 4. The maximum atomic E-state index is 12.6. The lowest BCUT2D eigenvalue weighted by Gasteiger charge is -2.19. The van der Waals surface area contributed by atoms with Crippen LogP contribution in [-0.4, -0.2) is 20.9 Å². The Morgan fingerprint density at radius 2 is 1.82 bits per heavy atom. The minimum absolute atomic E-state index is 0.00929. The third-order valence-electron chi connectivity index (χ3n) is 4.55. The summed E-state index contributed by atoms with van der Waals surface area (Å²) >= 11 is 0. The molecule has 0 atom stereocenters. The molecule has 1 aromatic carbocycles. The zero-order valence-electron chi connectivity index (χ0n) is 16.5. The molecule has 6 heteroatoms. The smallest absolute Gasteiger partial charge is 0.271 e. The highest BCUT2D eigenvalue weighted by Crippen LogP contribution is 2.23. The number of aromatic nitrogens is 3. The van der Waals surface area contributed by atoms with E-state index in [9.17, 15) is 9.59 Å². The van der Waals surface area contributed by atoms with Crippen LogP contribution in [0, 0.1) is 0 Å². The van der Waals surface area contributed by atoms with Gasteiger partial charge < -0.3 is 10.3 Å². The van der Waals surface area contributed by atoms with Crippen LogP contribution in [-0.2, 0) is 11.8 Å². The molecular formula is C22H24N4O2. The molecule has 0 aliphatic heterocycles.